The van der Waals surface area contributed by atoms with Crippen molar-refractivity contribution in [2.45, 2.75) is 0 Å². The molecule has 4 heterocycles. The third-order valence-electron chi connectivity index (χ3n) is 12.8. The van der Waals surface area contributed by atoms with Crippen LogP contribution in [0.4, 0.5) is 0 Å². The monoisotopic (exact) mass is 869 g/mol. The first kappa shape index (κ1) is 39.1. The van der Waals surface area contributed by atoms with Crippen molar-refractivity contribution in [1.29, 1.82) is 0 Å². The maximum atomic E-state index is 5.32. The van der Waals surface area contributed by atoms with E-state index in [9.17, 15) is 0 Å². The second-order valence-corrected chi connectivity index (χ2v) is 16.9. The van der Waals surface area contributed by atoms with E-state index >= 15 is 0 Å². The smallest absolute Gasteiger partial charge is 0.238 e. The summed E-state index contributed by atoms with van der Waals surface area (Å²) in [5.74, 6) is 2.45. The van der Waals surface area contributed by atoms with E-state index in [1.54, 1.807) is 0 Å². The van der Waals surface area contributed by atoms with Crippen LogP contribution in [0.25, 0.3) is 123 Å². The molecule has 0 aliphatic heterocycles. The Bertz CT molecular complexity index is 3950. The molecule has 7 nitrogen and oxygen atoms in total. The summed E-state index contributed by atoms with van der Waals surface area (Å²) in [7, 11) is 0. The summed E-state index contributed by atoms with van der Waals surface area (Å²) in [6.45, 7) is 0. The second kappa shape index (κ2) is 16.3. The molecule has 0 saturated heterocycles. The molecule has 0 aliphatic carbocycles. The Kier molecular flexibility index (Phi) is 9.35. The normalized spacial score (nSPS) is 11.5. The summed E-state index contributed by atoms with van der Waals surface area (Å²) in [6.07, 6.45) is 0. The number of aromatic nitrogens is 7. The van der Waals surface area contributed by atoms with Gasteiger partial charge in [0.1, 0.15) is 0 Å². The Morgan fingerprint density at radius 1 is 0.250 bits per heavy atom. The number of rotatable bonds is 8. The summed E-state index contributed by atoms with van der Waals surface area (Å²) in [5.41, 5.74) is 14.0. The van der Waals surface area contributed by atoms with Gasteiger partial charge in [0.2, 0.25) is 5.95 Å². The first-order valence-electron chi connectivity index (χ1n) is 22.8. The van der Waals surface area contributed by atoms with Crippen molar-refractivity contribution in [2.24, 2.45) is 0 Å². The van der Waals surface area contributed by atoms with Crippen LogP contribution in [-0.2, 0) is 0 Å². The van der Waals surface area contributed by atoms with Gasteiger partial charge in [0.05, 0.1) is 33.5 Å². The van der Waals surface area contributed by atoms with Crippen LogP contribution in [0.2, 0.25) is 0 Å². The Morgan fingerprint density at radius 3 is 1.32 bits per heavy atom. The topological polar surface area (TPSA) is 74.3 Å². The zero-order valence-electron chi connectivity index (χ0n) is 36.6. The number of hydrogen-bond donors (Lipinski definition) is 0. The molecule has 4 aromatic heterocycles. The van der Waals surface area contributed by atoms with Gasteiger partial charge in [0.25, 0.3) is 0 Å². The van der Waals surface area contributed by atoms with E-state index in [0.29, 0.717) is 23.4 Å². The lowest BCUT2D eigenvalue weighted by Crippen LogP contribution is -2.06. The fraction of sp³-hybridized carbons (Fsp3) is 0. The molecule has 9 aromatic carbocycles. The Morgan fingerprint density at radius 2 is 0.691 bits per heavy atom. The Labute approximate surface area is 392 Å². The number of hydrogen-bond acceptors (Lipinski definition) is 5. The van der Waals surface area contributed by atoms with E-state index in [0.717, 1.165) is 99.6 Å². The standard InChI is InChI=1S/C61H39N7/c1-5-19-40(20-6-1)44-27-17-29-46(37-44)60-64-59(43-25-11-4-12-26-43)65-61(66-60)68-53-34-16-14-32-49(53)57-55(68)36-35-54-56(57)48-31-13-15-33-52(48)67(54)47-30-18-28-45(38-47)51-39-50(41-21-7-2-8-22-41)62-58(63-51)42-23-9-3-10-24-42/h1-39H. The molecule has 13 rings (SSSR count). The molecule has 0 bridgehead atoms. The van der Waals surface area contributed by atoms with Gasteiger partial charge in [-0.25, -0.2) is 15.0 Å². The van der Waals surface area contributed by atoms with Gasteiger partial charge < -0.3 is 4.57 Å². The molecule has 0 unspecified atom stereocenters. The molecule has 0 atom stereocenters. The minimum atomic E-state index is 0.551. The molecule has 68 heavy (non-hydrogen) atoms. The average molecular weight is 870 g/mol. The zero-order chi connectivity index (χ0) is 45.0. The third kappa shape index (κ3) is 6.72. The molecule has 0 fully saturated rings. The molecular weight excluding hydrogens is 831 g/mol. The van der Waals surface area contributed by atoms with Crippen molar-refractivity contribution in [3.05, 3.63) is 237 Å². The molecule has 0 amide bonds. The lowest BCUT2D eigenvalue weighted by atomic mass is 10.0. The highest BCUT2D eigenvalue weighted by molar-refractivity contribution is 6.28. The van der Waals surface area contributed by atoms with Crippen LogP contribution >= 0.6 is 0 Å². The largest absolute Gasteiger partial charge is 0.309 e. The quantitative estimate of drug-likeness (QED) is 0.152. The lowest BCUT2D eigenvalue weighted by Gasteiger charge is -2.13. The van der Waals surface area contributed by atoms with E-state index in [4.69, 9.17) is 24.9 Å². The first-order chi connectivity index (χ1) is 33.7. The fourth-order valence-corrected chi connectivity index (χ4v) is 9.66. The van der Waals surface area contributed by atoms with Crippen molar-refractivity contribution in [1.82, 2.24) is 34.1 Å². The van der Waals surface area contributed by atoms with Gasteiger partial charge in [-0.05, 0) is 59.7 Å². The predicted molar refractivity (Wildman–Crippen MR) is 277 cm³/mol. The maximum absolute atomic E-state index is 5.32. The van der Waals surface area contributed by atoms with Crippen LogP contribution in [0.3, 0.4) is 0 Å². The SMILES string of the molecule is c1ccc(-c2cccc(-c3nc(-c4ccccc4)nc(-n4c5ccccc5c5c6c7ccccc7n(-c7cccc(-c8cc(-c9ccccc9)nc(-c9ccccc9)n8)c7)c6ccc54)n3)c2)cc1. The lowest BCUT2D eigenvalue weighted by molar-refractivity contribution is 0.953. The fourth-order valence-electron chi connectivity index (χ4n) is 9.66. The van der Waals surface area contributed by atoms with Gasteiger partial charge in [-0.3, -0.25) is 4.57 Å². The predicted octanol–water partition coefficient (Wildman–Crippen LogP) is 14.9. The first-order valence-corrected chi connectivity index (χ1v) is 22.8. The maximum Gasteiger partial charge on any atom is 0.238 e. The van der Waals surface area contributed by atoms with Gasteiger partial charge in [-0.1, -0.05) is 188 Å². The van der Waals surface area contributed by atoms with E-state index < -0.39 is 0 Å². The van der Waals surface area contributed by atoms with Gasteiger partial charge >= 0.3 is 0 Å². The van der Waals surface area contributed by atoms with E-state index in [-0.39, 0.29) is 0 Å². The molecule has 0 radical (unpaired) electrons. The minimum Gasteiger partial charge on any atom is -0.309 e. The molecule has 0 aliphatic rings. The Hall–Kier alpha value is -9.33. The molecular formula is C61H39N7. The van der Waals surface area contributed by atoms with Crippen LogP contribution in [0.15, 0.2) is 237 Å². The molecule has 7 heteroatoms. The van der Waals surface area contributed by atoms with Crippen LogP contribution < -0.4 is 0 Å². The highest BCUT2D eigenvalue weighted by Gasteiger charge is 2.23. The van der Waals surface area contributed by atoms with Gasteiger partial charge in [-0.2, -0.15) is 9.97 Å². The number of para-hydroxylation sites is 2. The second-order valence-electron chi connectivity index (χ2n) is 16.9. The number of fused-ring (bicyclic) bond motifs is 7. The van der Waals surface area contributed by atoms with Crippen LogP contribution in [0.1, 0.15) is 0 Å². The van der Waals surface area contributed by atoms with Gasteiger partial charge in [0, 0.05) is 55.0 Å². The molecule has 13 aromatic rings. The average Bonchev–Trinajstić information content (AvgIpc) is 3.95. The summed E-state index contributed by atoms with van der Waals surface area (Å²) in [4.78, 5) is 25.9. The highest BCUT2D eigenvalue weighted by atomic mass is 15.2. The molecule has 0 spiro atoms. The Balaban J connectivity index is 1.02. The van der Waals surface area contributed by atoms with Crippen molar-refractivity contribution in [2.75, 3.05) is 0 Å². The highest BCUT2D eigenvalue weighted by Crippen LogP contribution is 2.43. The van der Waals surface area contributed by atoms with Gasteiger partial charge in [0.15, 0.2) is 17.5 Å². The summed E-state index contributed by atoms with van der Waals surface area (Å²) in [6, 6.07) is 82.1. The van der Waals surface area contributed by atoms with Crippen LogP contribution in [0.5, 0.6) is 0 Å². The van der Waals surface area contributed by atoms with Gasteiger partial charge in [-0.15, -0.1) is 0 Å². The summed E-state index contributed by atoms with van der Waals surface area (Å²) in [5, 5.41) is 4.56. The van der Waals surface area contributed by atoms with Crippen molar-refractivity contribution < 1.29 is 0 Å². The minimum absolute atomic E-state index is 0.551. The third-order valence-corrected chi connectivity index (χ3v) is 12.8. The van der Waals surface area contributed by atoms with Crippen molar-refractivity contribution >= 4 is 43.6 Å². The summed E-state index contributed by atoms with van der Waals surface area (Å²) < 4.78 is 4.59. The summed E-state index contributed by atoms with van der Waals surface area (Å²) >= 11 is 0. The number of nitrogens with zero attached hydrogens (tertiary/aromatic N) is 7. The molecule has 0 N–H and O–H groups in total. The van der Waals surface area contributed by atoms with Crippen molar-refractivity contribution in [3.63, 3.8) is 0 Å². The van der Waals surface area contributed by atoms with Crippen LogP contribution in [-0.4, -0.2) is 34.1 Å². The zero-order valence-corrected chi connectivity index (χ0v) is 36.6. The van der Waals surface area contributed by atoms with E-state index in [2.05, 4.69) is 185 Å². The van der Waals surface area contributed by atoms with Crippen LogP contribution in [0, 0.1) is 0 Å². The van der Waals surface area contributed by atoms with Crippen molar-refractivity contribution in [3.8, 4) is 79.4 Å². The number of benzene rings is 9. The van der Waals surface area contributed by atoms with E-state index in [1.807, 2.05) is 60.7 Å². The molecule has 0 saturated carbocycles. The molecule has 318 valence electrons. The van der Waals surface area contributed by atoms with E-state index in [1.165, 1.54) is 0 Å².